The highest BCUT2D eigenvalue weighted by Gasteiger charge is 2.11. The molecule has 0 bridgehead atoms. The summed E-state index contributed by atoms with van der Waals surface area (Å²) in [6.07, 6.45) is 2.67. The van der Waals surface area contributed by atoms with Gasteiger partial charge >= 0.3 is 0 Å². The smallest absolute Gasteiger partial charge is 0.260 e. The van der Waals surface area contributed by atoms with Crippen molar-refractivity contribution in [3.63, 3.8) is 0 Å². The Kier molecular flexibility index (Phi) is 3.23. The molecule has 0 unspecified atom stereocenters. The van der Waals surface area contributed by atoms with E-state index in [9.17, 15) is 9.90 Å². The van der Waals surface area contributed by atoms with Gasteiger partial charge in [-0.25, -0.2) is 4.98 Å². The van der Waals surface area contributed by atoms with Gasteiger partial charge in [0.2, 0.25) is 0 Å². The van der Waals surface area contributed by atoms with E-state index < -0.39 is 5.91 Å². The quantitative estimate of drug-likeness (QED) is 0.846. The Morgan fingerprint density at radius 1 is 1.33 bits per heavy atom. The number of carbonyl (C=O) groups is 1. The monoisotopic (exact) mass is 243 g/mol. The fourth-order valence-electron chi connectivity index (χ4n) is 1.67. The number of nitrogens with zero attached hydrogens (tertiary/aromatic N) is 2. The zero-order valence-corrected chi connectivity index (χ0v) is 10.1. The van der Waals surface area contributed by atoms with Crippen LogP contribution < -0.4 is 5.32 Å². The summed E-state index contributed by atoms with van der Waals surface area (Å²) in [5, 5.41) is 12.2. The number of anilines is 1. The van der Waals surface area contributed by atoms with Gasteiger partial charge in [-0.3, -0.25) is 9.78 Å². The minimum absolute atomic E-state index is 0.153. The van der Waals surface area contributed by atoms with Crippen LogP contribution in [0.5, 0.6) is 5.75 Å². The molecule has 0 fully saturated rings. The SMILES string of the molecule is Cc1cc(C)nc(NC(=O)c2ccncc2O)c1. The van der Waals surface area contributed by atoms with E-state index in [1.54, 1.807) is 6.07 Å². The van der Waals surface area contributed by atoms with Crippen LogP contribution in [0.15, 0.2) is 30.6 Å². The predicted molar refractivity (Wildman–Crippen MR) is 67.6 cm³/mol. The average molecular weight is 243 g/mol. The molecule has 0 atom stereocenters. The third-order valence-corrected chi connectivity index (χ3v) is 2.38. The van der Waals surface area contributed by atoms with E-state index in [1.165, 1.54) is 18.5 Å². The molecule has 2 aromatic heterocycles. The molecule has 0 radical (unpaired) electrons. The third-order valence-electron chi connectivity index (χ3n) is 2.38. The molecule has 0 aliphatic carbocycles. The van der Waals surface area contributed by atoms with Gasteiger partial charge in [-0.05, 0) is 37.6 Å². The van der Waals surface area contributed by atoms with Crippen LogP contribution in [0.4, 0.5) is 5.82 Å². The number of nitrogens with one attached hydrogen (secondary N) is 1. The average Bonchev–Trinajstić information content (AvgIpc) is 2.27. The first kappa shape index (κ1) is 12.0. The highest BCUT2D eigenvalue weighted by molar-refractivity contribution is 6.05. The number of hydrogen-bond donors (Lipinski definition) is 2. The summed E-state index contributed by atoms with van der Waals surface area (Å²) in [7, 11) is 0. The zero-order chi connectivity index (χ0) is 13.1. The van der Waals surface area contributed by atoms with E-state index in [1.807, 2.05) is 19.9 Å². The van der Waals surface area contributed by atoms with Gasteiger partial charge in [0, 0.05) is 11.9 Å². The van der Waals surface area contributed by atoms with Crippen LogP contribution in [0.2, 0.25) is 0 Å². The fourth-order valence-corrected chi connectivity index (χ4v) is 1.67. The molecule has 0 saturated heterocycles. The van der Waals surface area contributed by atoms with E-state index in [0.29, 0.717) is 5.82 Å². The Balaban J connectivity index is 2.24. The number of rotatable bonds is 2. The van der Waals surface area contributed by atoms with Crippen LogP contribution in [0, 0.1) is 13.8 Å². The molecule has 0 aliphatic rings. The fraction of sp³-hybridized carbons (Fsp3) is 0.154. The Labute approximate surface area is 105 Å². The Hall–Kier alpha value is -2.43. The van der Waals surface area contributed by atoms with E-state index >= 15 is 0 Å². The summed E-state index contributed by atoms with van der Waals surface area (Å²) in [5.74, 6) is -0.0968. The van der Waals surface area contributed by atoms with Crippen LogP contribution in [-0.2, 0) is 0 Å². The molecule has 18 heavy (non-hydrogen) atoms. The van der Waals surface area contributed by atoms with Crippen molar-refractivity contribution in [2.75, 3.05) is 5.32 Å². The number of amides is 1. The van der Waals surface area contributed by atoms with Crippen LogP contribution in [0.3, 0.4) is 0 Å². The maximum Gasteiger partial charge on any atom is 0.260 e. The molecule has 2 aromatic rings. The molecule has 92 valence electrons. The number of carbonyl (C=O) groups excluding carboxylic acids is 1. The molecule has 2 N–H and O–H groups in total. The molecular weight excluding hydrogens is 230 g/mol. The van der Waals surface area contributed by atoms with Gasteiger partial charge < -0.3 is 10.4 Å². The second-order valence-corrected chi connectivity index (χ2v) is 4.02. The Morgan fingerprint density at radius 3 is 2.78 bits per heavy atom. The second kappa shape index (κ2) is 4.83. The van der Waals surface area contributed by atoms with E-state index in [-0.39, 0.29) is 11.3 Å². The van der Waals surface area contributed by atoms with Gasteiger partial charge in [-0.1, -0.05) is 0 Å². The predicted octanol–water partition coefficient (Wildman–Crippen LogP) is 2.05. The molecule has 2 rings (SSSR count). The lowest BCUT2D eigenvalue weighted by molar-refractivity contribution is 0.102. The van der Waals surface area contributed by atoms with Crippen LogP contribution in [-0.4, -0.2) is 21.0 Å². The highest BCUT2D eigenvalue weighted by Crippen LogP contribution is 2.16. The summed E-state index contributed by atoms with van der Waals surface area (Å²) < 4.78 is 0. The lowest BCUT2D eigenvalue weighted by atomic mass is 10.2. The third kappa shape index (κ3) is 2.63. The van der Waals surface area contributed by atoms with Crippen LogP contribution in [0.1, 0.15) is 21.6 Å². The first-order valence-corrected chi connectivity index (χ1v) is 5.46. The Bertz CT molecular complexity index is 576. The van der Waals surface area contributed by atoms with E-state index in [0.717, 1.165) is 11.3 Å². The number of aromatic nitrogens is 2. The molecule has 5 nitrogen and oxygen atoms in total. The topological polar surface area (TPSA) is 75.1 Å². The first-order chi connectivity index (χ1) is 8.56. The van der Waals surface area contributed by atoms with E-state index in [2.05, 4.69) is 15.3 Å². The minimum atomic E-state index is -0.410. The van der Waals surface area contributed by atoms with Crippen molar-refractivity contribution < 1.29 is 9.90 Å². The standard InChI is InChI=1S/C13H13N3O2/c1-8-5-9(2)15-12(6-8)16-13(18)10-3-4-14-7-11(10)17/h3-7,17H,1-2H3,(H,15,16,18). The van der Waals surface area contributed by atoms with E-state index in [4.69, 9.17) is 0 Å². The van der Waals surface area contributed by atoms with Crippen molar-refractivity contribution in [3.8, 4) is 5.75 Å². The minimum Gasteiger partial charge on any atom is -0.505 e. The lowest BCUT2D eigenvalue weighted by Crippen LogP contribution is -2.13. The van der Waals surface area contributed by atoms with Gasteiger partial charge in [-0.2, -0.15) is 0 Å². The maximum atomic E-state index is 11.9. The molecule has 2 heterocycles. The molecule has 0 aromatic carbocycles. The number of aryl methyl sites for hydroxylation is 2. The molecule has 0 spiro atoms. The lowest BCUT2D eigenvalue weighted by Gasteiger charge is -2.07. The zero-order valence-electron chi connectivity index (χ0n) is 10.1. The van der Waals surface area contributed by atoms with Gasteiger partial charge in [0.15, 0.2) is 0 Å². The molecule has 5 heteroatoms. The van der Waals surface area contributed by atoms with Gasteiger partial charge in [0.25, 0.3) is 5.91 Å². The molecule has 0 saturated carbocycles. The maximum absolute atomic E-state index is 11.9. The number of hydrogen-bond acceptors (Lipinski definition) is 4. The number of aromatic hydroxyl groups is 1. The van der Waals surface area contributed by atoms with Crippen LogP contribution >= 0.6 is 0 Å². The second-order valence-electron chi connectivity index (χ2n) is 4.02. The number of pyridine rings is 2. The summed E-state index contributed by atoms with van der Waals surface area (Å²) in [6, 6.07) is 5.13. The molecule has 1 amide bonds. The van der Waals surface area contributed by atoms with Crippen molar-refractivity contribution in [1.29, 1.82) is 0 Å². The van der Waals surface area contributed by atoms with Crippen molar-refractivity contribution >= 4 is 11.7 Å². The summed E-state index contributed by atoms with van der Waals surface area (Å²) in [5.41, 5.74) is 2.01. The van der Waals surface area contributed by atoms with Crippen LogP contribution in [0.25, 0.3) is 0 Å². The summed E-state index contributed by atoms with van der Waals surface area (Å²) in [6.45, 7) is 3.78. The van der Waals surface area contributed by atoms with Crippen molar-refractivity contribution in [3.05, 3.63) is 47.4 Å². The van der Waals surface area contributed by atoms with Crippen molar-refractivity contribution in [1.82, 2.24) is 9.97 Å². The Morgan fingerprint density at radius 2 is 2.11 bits per heavy atom. The van der Waals surface area contributed by atoms with Crippen molar-refractivity contribution in [2.45, 2.75) is 13.8 Å². The molecule has 0 aliphatic heterocycles. The summed E-state index contributed by atoms with van der Waals surface area (Å²) in [4.78, 5) is 19.8. The largest absolute Gasteiger partial charge is 0.505 e. The molecular formula is C13H13N3O2. The van der Waals surface area contributed by atoms with Gasteiger partial charge in [0.05, 0.1) is 11.8 Å². The van der Waals surface area contributed by atoms with Crippen molar-refractivity contribution in [2.24, 2.45) is 0 Å². The van der Waals surface area contributed by atoms with Gasteiger partial charge in [0.1, 0.15) is 11.6 Å². The highest BCUT2D eigenvalue weighted by atomic mass is 16.3. The summed E-state index contributed by atoms with van der Waals surface area (Å²) >= 11 is 0. The first-order valence-electron chi connectivity index (χ1n) is 5.46. The van der Waals surface area contributed by atoms with Gasteiger partial charge in [-0.15, -0.1) is 0 Å². The normalized spacial score (nSPS) is 10.1.